The summed E-state index contributed by atoms with van der Waals surface area (Å²) in [6.07, 6.45) is 5.51. The van der Waals surface area contributed by atoms with E-state index >= 15 is 0 Å². The summed E-state index contributed by atoms with van der Waals surface area (Å²) in [5, 5.41) is 0. The van der Waals surface area contributed by atoms with Crippen molar-refractivity contribution in [2.45, 2.75) is 38.1 Å². The van der Waals surface area contributed by atoms with E-state index in [4.69, 9.17) is 5.73 Å². The van der Waals surface area contributed by atoms with Crippen molar-refractivity contribution in [2.24, 2.45) is 5.73 Å². The SMILES string of the molecule is Cl.NCC1CCCN1C(=O)CSCC(=O)N1CCCCC1. The Hall–Kier alpha value is -0.460. The van der Waals surface area contributed by atoms with E-state index in [9.17, 15) is 9.59 Å². The highest BCUT2D eigenvalue weighted by molar-refractivity contribution is 8.00. The first kappa shape index (κ1) is 18.6. The van der Waals surface area contributed by atoms with Crippen molar-refractivity contribution in [2.75, 3.05) is 37.7 Å². The zero-order valence-electron chi connectivity index (χ0n) is 12.5. The molecule has 0 saturated carbocycles. The van der Waals surface area contributed by atoms with Crippen molar-refractivity contribution in [3.05, 3.63) is 0 Å². The number of nitrogens with two attached hydrogens (primary N) is 1. The van der Waals surface area contributed by atoms with Crippen LogP contribution >= 0.6 is 24.2 Å². The summed E-state index contributed by atoms with van der Waals surface area (Å²) < 4.78 is 0. The number of thioether (sulfide) groups is 1. The van der Waals surface area contributed by atoms with E-state index in [0.717, 1.165) is 45.3 Å². The molecule has 1 atom stereocenters. The molecule has 122 valence electrons. The zero-order chi connectivity index (χ0) is 14.4. The highest BCUT2D eigenvalue weighted by Gasteiger charge is 2.27. The van der Waals surface area contributed by atoms with Gasteiger partial charge in [0.1, 0.15) is 0 Å². The van der Waals surface area contributed by atoms with E-state index < -0.39 is 0 Å². The largest absolute Gasteiger partial charge is 0.342 e. The Bertz CT molecular complexity index is 351. The van der Waals surface area contributed by atoms with Gasteiger partial charge in [-0.3, -0.25) is 9.59 Å². The molecule has 7 heteroatoms. The van der Waals surface area contributed by atoms with Crippen LogP contribution in [-0.2, 0) is 9.59 Å². The number of likely N-dealkylation sites (tertiary alicyclic amines) is 2. The predicted octanol–water partition coefficient (Wildman–Crippen LogP) is 1.10. The van der Waals surface area contributed by atoms with Crippen molar-refractivity contribution >= 4 is 36.0 Å². The molecule has 21 heavy (non-hydrogen) atoms. The second kappa shape index (κ2) is 9.54. The summed E-state index contributed by atoms with van der Waals surface area (Å²) in [7, 11) is 0. The average Bonchev–Trinajstić information content (AvgIpc) is 2.96. The van der Waals surface area contributed by atoms with Gasteiger partial charge >= 0.3 is 0 Å². The Kier molecular flexibility index (Phi) is 8.44. The molecule has 2 N–H and O–H groups in total. The minimum Gasteiger partial charge on any atom is -0.342 e. The fourth-order valence-corrected chi connectivity index (χ4v) is 3.75. The molecule has 2 saturated heterocycles. The van der Waals surface area contributed by atoms with Gasteiger partial charge in [-0.05, 0) is 32.1 Å². The molecule has 0 aliphatic carbocycles. The lowest BCUT2D eigenvalue weighted by atomic mass is 10.1. The maximum Gasteiger partial charge on any atom is 0.232 e. The number of hydrogen-bond acceptors (Lipinski definition) is 4. The topological polar surface area (TPSA) is 66.6 Å². The van der Waals surface area contributed by atoms with E-state index in [-0.39, 0.29) is 30.3 Å². The van der Waals surface area contributed by atoms with E-state index in [1.807, 2.05) is 9.80 Å². The molecule has 0 spiro atoms. The molecular weight excluding hydrogens is 310 g/mol. The monoisotopic (exact) mass is 335 g/mol. The highest BCUT2D eigenvalue weighted by atomic mass is 35.5. The normalized spacial score (nSPS) is 22.0. The summed E-state index contributed by atoms with van der Waals surface area (Å²) in [5.74, 6) is 1.14. The minimum atomic E-state index is 0. The van der Waals surface area contributed by atoms with Crippen LogP contribution < -0.4 is 5.73 Å². The number of carbonyl (C=O) groups excluding carboxylic acids is 2. The van der Waals surface area contributed by atoms with E-state index in [1.54, 1.807) is 0 Å². The van der Waals surface area contributed by atoms with Gasteiger partial charge in [-0.2, -0.15) is 0 Å². The molecule has 0 aromatic heterocycles. The van der Waals surface area contributed by atoms with Crippen LogP contribution in [0.5, 0.6) is 0 Å². The first-order chi connectivity index (χ1) is 9.72. The Balaban J connectivity index is 0.00000220. The molecule has 2 amide bonds. The van der Waals surface area contributed by atoms with Gasteiger partial charge in [0.2, 0.25) is 11.8 Å². The van der Waals surface area contributed by atoms with Crippen molar-refractivity contribution in [3.8, 4) is 0 Å². The standard InChI is InChI=1S/C14H25N3O2S.ClH/c15-9-12-5-4-8-17(12)14(19)11-20-10-13(18)16-6-2-1-3-7-16;/h12H,1-11,15H2;1H. The van der Waals surface area contributed by atoms with Crippen LogP contribution in [0.1, 0.15) is 32.1 Å². The van der Waals surface area contributed by atoms with Crippen molar-refractivity contribution in [1.29, 1.82) is 0 Å². The van der Waals surface area contributed by atoms with Crippen molar-refractivity contribution in [1.82, 2.24) is 9.80 Å². The fraction of sp³-hybridized carbons (Fsp3) is 0.857. The van der Waals surface area contributed by atoms with Crippen LogP contribution in [0.25, 0.3) is 0 Å². The molecule has 0 bridgehead atoms. The number of hydrogen-bond donors (Lipinski definition) is 1. The van der Waals surface area contributed by atoms with Crippen LogP contribution in [0, 0.1) is 0 Å². The molecule has 5 nitrogen and oxygen atoms in total. The second-order valence-corrected chi connectivity index (χ2v) is 6.54. The van der Waals surface area contributed by atoms with Gasteiger partial charge < -0.3 is 15.5 Å². The van der Waals surface area contributed by atoms with E-state index in [1.165, 1.54) is 18.2 Å². The summed E-state index contributed by atoms with van der Waals surface area (Å²) in [6.45, 7) is 3.13. The Labute approximate surface area is 137 Å². The lowest BCUT2D eigenvalue weighted by Crippen LogP contribution is -2.41. The third-order valence-electron chi connectivity index (χ3n) is 4.13. The number of amides is 2. The fourth-order valence-electron chi connectivity index (χ4n) is 2.95. The number of piperidine rings is 1. The molecule has 2 aliphatic heterocycles. The Morgan fingerprint density at radius 1 is 1.00 bits per heavy atom. The van der Waals surface area contributed by atoms with Crippen molar-refractivity contribution < 1.29 is 9.59 Å². The van der Waals surface area contributed by atoms with E-state index in [0.29, 0.717) is 18.1 Å². The minimum absolute atomic E-state index is 0. The lowest BCUT2D eigenvalue weighted by Gasteiger charge is -2.27. The van der Waals surface area contributed by atoms with Crippen LogP contribution in [0.2, 0.25) is 0 Å². The van der Waals surface area contributed by atoms with E-state index in [2.05, 4.69) is 0 Å². The lowest BCUT2D eigenvalue weighted by molar-refractivity contribution is -0.129. The number of nitrogens with zero attached hydrogens (tertiary/aromatic N) is 2. The van der Waals surface area contributed by atoms with Crippen LogP contribution in [0.4, 0.5) is 0 Å². The average molecular weight is 336 g/mol. The Morgan fingerprint density at radius 3 is 2.33 bits per heavy atom. The molecule has 2 fully saturated rings. The number of halogens is 1. The van der Waals surface area contributed by atoms with Crippen LogP contribution in [0.3, 0.4) is 0 Å². The van der Waals surface area contributed by atoms with Crippen LogP contribution in [0.15, 0.2) is 0 Å². The molecule has 0 aromatic carbocycles. The maximum atomic E-state index is 12.1. The number of carbonyl (C=O) groups is 2. The first-order valence-electron chi connectivity index (χ1n) is 7.57. The van der Waals surface area contributed by atoms with Gasteiger partial charge in [0, 0.05) is 32.2 Å². The summed E-state index contributed by atoms with van der Waals surface area (Å²) in [5.41, 5.74) is 5.67. The highest BCUT2D eigenvalue weighted by Crippen LogP contribution is 2.18. The zero-order valence-corrected chi connectivity index (χ0v) is 14.1. The molecule has 2 rings (SSSR count). The van der Waals surface area contributed by atoms with Gasteiger partial charge in [0.15, 0.2) is 0 Å². The van der Waals surface area contributed by atoms with Gasteiger partial charge in [0.25, 0.3) is 0 Å². The van der Waals surface area contributed by atoms with Gasteiger partial charge in [0.05, 0.1) is 11.5 Å². The molecule has 2 heterocycles. The summed E-state index contributed by atoms with van der Waals surface area (Å²) in [4.78, 5) is 27.9. The first-order valence-corrected chi connectivity index (χ1v) is 8.73. The summed E-state index contributed by atoms with van der Waals surface area (Å²) >= 11 is 1.44. The maximum absolute atomic E-state index is 12.1. The van der Waals surface area contributed by atoms with Gasteiger partial charge in [-0.25, -0.2) is 0 Å². The number of rotatable bonds is 5. The predicted molar refractivity (Wildman–Crippen MR) is 88.8 cm³/mol. The third kappa shape index (κ3) is 5.34. The Morgan fingerprint density at radius 2 is 1.67 bits per heavy atom. The molecule has 2 aliphatic rings. The quantitative estimate of drug-likeness (QED) is 0.817. The molecule has 0 aromatic rings. The van der Waals surface area contributed by atoms with Gasteiger partial charge in [-0.15, -0.1) is 24.2 Å². The third-order valence-corrected chi connectivity index (χ3v) is 5.03. The molecular formula is C14H26ClN3O2S. The van der Waals surface area contributed by atoms with Gasteiger partial charge in [-0.1, -0.05) is 0 Å². The van der Waals surface area contributed by atoms with Crippen LogP contribution in [-0.4, -0.2) is 65.3 Å². The molecule has 0 radical (unpaired) electrons. The second-order valence-electron chi connectivity index (χ2n) is 5.55. The molecule has 1 unspecified atom stereocenters. The van der Waals surface area contributed by atoms with Crippen molar-refractivity contribution in [3.63, 3.8) is 0 Å². The smallest absolute Gasteiger partial charge is 0.232 e. The summed E-state index contributed by atoms with van der Waals surface area (Å²) in [6, 6.07) is 0.209.